The molecule has 0 amide bonds. The van der Waals surface area contributed by atoms with Crippen molar-refractivity contribution in [2.45, 2.75) is 178 Å². The summed E-state index contributed by atoms with van der Waals surface area (Å²) in [6, 6.07) is 82.6. The number of nitrogens with zero attached hydrogens (tertiary/aromatic N) is 6. The summed E-state index contributed by atoms with van der Waals surface area (Å²) < 4.78 is 21.6. The van der Waals surface area contributed by atoms with E-state index in [1.54, 1.807) is 0 Å². The molecule has 6 aliphatic heterocycles. The molecule has 0 saturated carbocycles. The molecule has 19 rings (SSSR count). The fraction of sp³-hybridized carbons (Fsp3) is 0.265. The Balaban J connectivity index is 0.869. The lowest BCUT2D eigenvalue weighted by molar-refractivity contribution is 0.483. The number of fused-ring (bicyclic) bond motifs is 12. The minimum atomic E-state index is -0.202. The number of aromatic nitrogens is 3. The third kappa shape index (κ3) is 12.0. The molecule has 0 N–H and O–H groups in total. The zero-order chi connectivity index (χ0) is 79.7. The quantitative estimate of drug-likeness (QED) is 0.151. The second-order valence-corrected chi connectivity index (χ2v) is 39.2. The number of anilines is 9. The van der Waals surface area contributed by atoms with Crippen LogP contribution >= 0.6 is 0 Å². The summed E-state index contributed by atoms with van der Waals surface area (Å²) in [5, 5.41) is 0. The first-order chi connectivity index (χ1) is 54.0. The van der Waals surface area contributed by atoms with Gasteiger partial charge in [0.05, 0.1) is 0 Å². The SMILES string of the molecule is Cc1ccc2c(c1)B1c3cc(-c4nc(-c5ccc6c(c5)B5c7cc(C)ccc7Oc7cc(C(C)(C)C)cc(c75)N6c5ccc(C(C)(C)C)cc5)nc(-c5ccc6c(c5)B5c7cc(C)ccc7Oc7cc(C(C)(C)C)cc(c75)N6c5ccc(C(C)(C)C)cc5)n4)ccc3N(c3ccc(C(C)(C)C)cc3)c3cc(C(C)(C)C)cc(c31)O2. The minimum Gasteiger partial charge on any atom is -0.458 e. The molecule has 0 bridgehead atoms. The second kappa shape index (κ2) is 25.3. The fourth-order valence-corrected chi connectivity index (χ4v) is 18.3. The van der Waals surface area contributed by atoms with Gasteiger partial charge in [0.2, 0.25) is 0 Å². The van der Waals surface area contributed by atoms with Crippen molar-refractivity contribution in [1.82, 2.24) is 15.0 Å². The highest BCUT2D eigenvalue weighted by Gasteiger charge is 2.48. The Morgan fingerprint density at radius 2 is 0.474 bits per heavy atom. The predicted molar refractivity (Wildman–Crippen MR) is 480 cm³/mol. The molecule has 0 radical (unpaired) electrons. The van der Waals surface area contributed by atoms with E-state index in [0.717, 1.165) is 152 Å². The monoisotopic (exact) mass is 1490 g/mol. The van der Waals surface area contributed by atoms with E-state index >= 15 is 0 Å². The van der Waals surface area contributed by atoms with Gasteiger partial charge in [-0.1, -0.05) is 232 Å². The highest BCUT2D eigenvalue weighted by Crippen LogP contribution is 2.50. The number of rotatable bonds is 6. The summed E-state index contributed by atoms with van der Waals surface area (Å²) in [6.07, 6.45) is 0. The van der Waals surface area contributed by atoms with Crippen LogP contribution < -0.4 is 78.1 Å². The molecule has 1 aromatic heterocycles. The molecule has 6 aliphatic rings. The van der Waals surface area contributed by atoms with E-state index in [2.05, 4.69) is 378 Å². The number of aryl methyl sites for hydroxylation is 3. The molecule has 0 spiro atoms. The van der Waals surface area contributed by atoms with E-state index in [4.69, 9.17) is 29.2 Å². The first-order valence-corrected chi connectivity index (χ1v) is 40.8. The van der Waals surface area contributed by atoms with E-state index in [1.165, 1.54) is 50.1 Å². The Kier molecular flexibility index (Phi) is 16.2. The molecule has 13 aromatic rings. The maximum Gasteiger partial charge on any atom is 0.256 e. The van der Waals surface area contributed by atoms with Gasteiger partial charge < -0.3 is 28.9 Å². The number of ether oxygens (including phenoxy) is 3. The van der Waals surface area contributed by atoms with Crippen LogP contribution in [0.1, 0.15) is 175 Å². The molecule has 0 atom stereocenters. The van der Waals surface area contributed by atoms with Gasteiger partial charge in [0.1, 0.15) is 34.5 Å². The van der Waals surface area contributed by atoms with Crippen LogP contribution in [0.25, 0.3) is 34.2 Å². The Hall–Kier alpha value is -11.4. The van der Waals surface area contributed by atoms with Crippen molar-refractivity contribution < 1.29 is 14.2 Å². The summed E-state index contributed by atoms with van der Waals surface area (Å²) in [4.78, 5) is 25.0. The number of benzene rings is 12. The topological polar surface area (TPSA) is 76.1 Å². The normalized spacial score (nSPS) is 14.3. The van der Waals surface area contributed by atoms with Crippen LogP contribution in [0, 0.1) is 20.8 Å². The second-order valence-electron chi connectivity index (χ2n) is 39.2. The average Bonchev–Trinajstić information content (AvgIpc) is 0.713. The predicted octanol–water partition coefficient (Wildman–Crippen LogP) is 20.8. The first kappa shape index (κ1) is 72.9. The largest absolute Gasteiger partial charge is 0.458 e. The first-order valence-electron chi connectivity index (χ1n) is 40.8. The molecule has 564 valence electrons. The highest BCUT2D eigenvalue weighted by atomic mass is 16.5. The third-order valence-corrected chi connectivity index (χ3v) is 24.8. The van der Waals surface area contributed by atoms with Gasteiger partial charge >= 0.3 is 0 Å². The van der Waals surface area contributed by atoms with E-state index in [-0.39, 0.29) is 52.6 Å². The Morgan fingerprint density at radius 3 is 0.711 bits per heavy atom. The van der Waals surface area contributed by atoms with Gasteiger partial charge in [0, 0.05) is 67.9 Å². The molecule has 12 aromatic carbocycles. The lowest BCUT2D eigenvalue weighted by Crippen LogP contribution is -2.59. The van der Waals surface area contributed by atoms with Crippen LogP contribution in [0.5, 0.6) is 34.5 Å². The zero-order valence-electron chi connectivity index (χ0n) is 69.9. The van der Waals surface area contributed by atoms with E-state index < -0.39 is 0 Å². The summed E-state index contributed by atoms with van der Waals surface area (Å²) in [6.45, 7) is 47.2. The van der Waals surface area contributed by atoms with Crippen LogP contribution in [-0.4, -0.2) is 35.1 Å². The Bertz CT molecular complexity index is 5610. The third-order valence-electron chi connectivity index (χ3n) is 24.8. The fourth-order valence-electron chi connectivity index (χ4n) is 18.3. The molecule has 7 heterocycles. The lowest BCUT2D eigenvalue weighted by atomic mass is 9.34. The molecular weight excluding hydrogens is 1390 g/mol. The van der Waals surface area contributed by atoms with Gasteiger partial charge in [0.25, 0.3) is 20.1 Å². The van der Waals surface area contributed by atoms with Crippen molar-refractivity contribution in [3.63, 3.8) is 0 Å². The number of hydrogen-bond donors (Lipinski definition) is 0. The summed E-state index contributed by atoms with van der Waals surface area (Å²) in [5.74, 6) is 6.87. The van der Waals surface area contributed by atoms with Crippen molar-refractivity contribution in [3.05, 3.63) is 268 Å². The van der Waals surface area contributed by atoms with Gasteiger partial charge in [-0.05, 0) is 263 Å². The summed E-state index contributed by atoms with van der Waals surface area (Å²) >= 11 is 0. The highest BCUT2D eigenvalue weighted by molar-refractivity contribution is 7.01. The maximum absolute atomic E-state index is 7.20. The average molecular weight is 1490 g/mol. The molecule has 9 nitrogen and oxygen atoms in total. The summed E-state index contributed by atoms with van der Waals surface area (Å²) in [5.41, 5.74) is 32.9. The molecule has 114 heavy (non-hydrogen) atoms. The van der Waals surface area contributed by atoms with Crippen LogP contribution in [0.3, 0.4) is 0 Å². The van der Waals surface area contributed by atoms with Crippen LogP contribution in [-0.2, 0) is 32.5 Å². The molecule has 0 unspecified atom stereocenters. The molecular formula is C102H99B3N6O3. The standard InChI is InChI=1S/C102H99B3N6O3/c1-58-22-43-85-76(46-58)103-73-49-61(25-40-79(73)109(70-34-28-64(29-35-70)97(4,5)6)82-52-67(100(13,14)15)55-88(112-85)91(82)103)94-106-95(62-26-41-80-74(50-62)104-77-47-59(2)23-44-86(77)113-89-56-68(101(16,17)18)53-83(92(89)104)110(80)71-36-30-65(31-37-71)98(7,8)9)108-96(107-94)63-27-42-81-75(51-63)105-78-48-60(3)24-45-87(78)114-90-57-69(102(19,20)21)54-84(93(90)105)111(81)72-38-32-66(33-39-72)99(10,11)12/h22-57H,1-21H3. The van der Waals surface area contributed by atoms with Crippen molar-refractivity contribution in [3.8, 4) is 68.7 Å². The van der Waals surface area contributed by atoms with Crippen LogP contribution in [0.15, 0.2) is 218 Å². The van der Waals surface area contributed by atoms with Gasteiger partial charge in [-0.25, -0.2) is 15.0 Å². The Labute approximate surface area is 675 Å². The van der Waals surface area contributed by atoms with Crippen molar-refractivity contribution in [1.29, 1.82) is 0 Å². The van der Waals surface area contributed by atoms with Crippen molar-refractivity contribution in [2.24, 2.45) is 0 Å². The van der Waals surface area contributed by atoms with Gasteiger partial charge in [-0.3, -0.25) is 0 Å². The maximum atomic E-state index is 7.20. The zero-order valence-corrected chi connectivity index (χ0v) is 69.9. The van der Waals surface area contributed by atoms with Gasteiger partial charge in [-0.2, -0.15) is 0 Å². The Morgan fingerprint density at radius 1 is 0.228 bits per heavy atom. The van der Waals surface area contributed by atoms with Gasteiger partial charge in [-0.15, -0.1) is 0 Å². The van der Waals surface area contributed by atoms with Crippen LogP contribution in [0.2, 0.25) is 0 Å². The molecule has 0 aliphatic carbocycles. The molecule has 0 fully saturated rings. The van der Waals surface area contributed by atoms with Gasteiger partial charge in [0.15, 0.2) is 17.5 Å². The van der Waals surface area contributed by atoms with E-state index in [0.29, 0.717) is 17.5 Å². The van der Waals surface area contributed by atoms with E-state index in [1.807, 2.05) is 0 Å². The minimum absolute atomic E-state index is 0.0420. The van der Waals surface area contributed by atoms with Crippen LogP contribution in [0.4, 0.5) is 51.2 Å². The molecule has 12 heteroatoms. The number of hydrogen-bond acceptors (Lipinski definition) is 9. The van der Waals surface area contributed by atoms with Crippen molar-refractivity contribution in [2.75, 3.05) is 14.7 Å². The molecule has 0 saturated heterocycles. The smallest absolute Gasteiger partial charge is 0.256 e. The van der Waals surface area contributed by atoms with E-state index in [9.17, 15) is 0 Å². The summed E-state index contributed by atoms with van der Waals surface area (Å²) in [7, 11) is 0. The lowest BCUT2D eigenvalue weighted by Gasteiger charge is -2.41. The van der Waals surface area contributed by atoms with Crippen molar-refractivity contribution >= 4 is 120 Å².